The van der Waals surface area contributed by atoms with E-state index in [1.165, 1.54) is 6.07 Å². The van der Waals surface area contributed by atoms with Crippen LogP contribution in [0.5, 0.6) is 5.75 Å². The third-order valence-corrected chi connectivity index (χ3v) is 8.50. The van der Waals surface area contributed by atoms with Crippen molar-refractivity contribution in [1.82, 2.24) is 0 Å². The Balaban J connectivity index is 1.20. The van der Waals surface area contributed by atoms with E-state index in [0.717, 1.165) is 22.1 Å². The Kier molecular flexibility index (Phi) is 7.41. The van der Waals surface area contributed by atoms with Gasteiger partial charge in [-0.2, -0.15) is 8.42 Å². The molecule has 0 saturated carbocycles. The van der Waals surface area contributed by atoms with E-state index in [4.69, 9.17) is 0 Å². The van der Waals surface area contributed by atoms with Gasteiger partial charge in [-0.1, -0.05) is 78.9 Å². The van der Waals surface area contributed by atoms with Crippen molar-refractivity contribution in [2.75, 3.05) is 5.32 Å². The molecular formula is C36H25N5O4S. The van der Waals surface area contributed by atoms with E-state index in [9.17, 15) is 18.1 Å². The quantitative estimate of drug-likeness (QED) is 0.120. The van der Waals surface area contributed by atoms with Crippen molar-refractivity contribution in [2.24, 2.45) is 20.5 Å². The molecule has 9 nitrogen and oxygen atoms in total. The van der Waals surface area contributed by atoms with Gasteiger partial charge in [0.25, 0.3) is 10.1 Å². The van der Waals surface area contributed by atoms with Crippen LogP contribution in [-0.2, 0) is 10.1 Å². The molecule has 224 valence electrons. The van der Waals surface area contributed by atoms with Crippen LogP contribution in [-0.4, -0.2) is 18.1 Å². The van der Waals surface area contributed by atoms with Gasteiger partial charge in [0.05, 0.1) is 11.4 Å². The minimum atomic E-state index is -4.58. The summed E-state index contributed by atoms with van der Waals surface area (Å²) in [4.78, 5) is -0.303. The molecule has 46 heavy (non-hydrogen) atoms. The lowest BCUT2D eigenvalue weighted by Crippen LogP contribution is -1.99. The third-order valence-electron chi connectivity index (χ3n) is 7.56. The monoisotopic (exact) mass is 623 g/mol. The lowest BCUT2D eigenvalue weighted by atomic mass is 10.1. The largest absolute Gasteiger partial charge is 0.505 e. The van der Waals surface area contributed by atoms with Crippen LogP contribution >= 0.6 is 0 Å². The number of benzene rings is 7. The molecule has 0 aliphatic heterocycles. The zero-order valence-electron chi connectivity index (χ0n) is 24.1. The van der Waals surface area contributed by atoms with Crippen molar-refractivity contribution in [3.05, 3.63) is 133 Å². The Labute approximate surface area is 264 Å². The number of hydrogen-bond acceptors (Lipinski definition) is 8. The number of nitrogens with zero attached hydrogens (tertiary/aromatic N) is 4. The van der Waals surface area contributed by atoms with Crippen LogP contribution in [0.2, 0.25) is 0 Å². The van der Waals surface area contributed by atoms with Gasteiger partial charge in [-0.25, -0.2) is 0 Å². The molecular weight excluding hydrogens is 598 g/mol. The number of nitrogens with one attached hydrogen (secondary N) is 1. The van der Waals surface area contributed by atoms with Gasteiger partial charge in [0.15, 0.2) is 5.75 Å². The fraction of sp³-hybridized carbons (Fsp3) is 0. The summed E-state index contributed by atoms with van der Waals surface area (Å²) in [6.45, 7) is 0. The highest BCUT2D eigenvalue weighted by Crippen LogP contribution is 2.40. The minimum absolute atomic E-state index is 0.0174. The first kappa shape index (κ1) is 28.8. The summed E-state index contributed by atoms with van der Waals surface area (Å²) < 4.78 is 34.6. The maximum absolute atomic E-state index is 12.3. The van der Waals surface area contributed by atoms with Crippen molar-refractivity contribution >= 4 is 76.6 Å². The average molecular weight is 624 g/mol. The second-order valence-electron chi connectivity index (χ2n) is 10.5. The summed E-state index contributed by atoms with van der Waals surface area (Å²) in [6, 6.07) is 40.1. The van der Waals surface area contributed by atoms with Crippen molar-refractivity contribution in [3.63, 3.8) is 0 Å². The summed E-state index contributed by atoms with van der Waals surface area (Å²) in [5.74, 6) is 0.0206. The van der Waals surface area contributed by atoms with E-state index < -0.39 is 10.1 Å². The number of para-hydroxylation sites is 1. The van der Waals surface area contributed by atoms with Crippen LogP contribution in [0.3, 0.4) is 0 Å². The first-order chi connectivity index (χ1) is 22.3. The Bertz CT molecular complexity index is 2450. The lowest BCUT2D eigenvalue weighted by Gasteiger charge is -2.09. The molecule has 0 aromatic heterocycles. The number of hydrogen-bond donors (Lipinski definition) is 3. The zero-order chi connectivity index (χ0) is 31.7. The van der Waals surface area contributed by atoms with Crippen molar-refractivity contribution in [1.29, 1.82) is 0 Å². The summed E-state index contributed by atoms with van der Waals surface area (Å²) in [5, 5.41) is 35.7. The van der Waals surface area contributed by atoms with E-state index in [2.05, 4.69) is 25.8 Å². The molecule has 0 aliphatic rings. The second kappa shape index (κ2) is 11.8. The maximum Gasteiger partial charge on any atom is 0.297 e. The predicted octanol–water partition coefficient (Wildman–Crippen LogP) is 10.7. The molecule has 0 radical (unpaired) electrons. The number of phenols is 1. The Morgan fingerprint density at radius 3 is 1.72 bits per heavy atom. The predicted molar refractivity (Wildman–Crippen MR) is 181 cm³/mol. The van der Waals surface area contributed by atoms with Crippen LogP contribution in [0.15, 0.2) is 159 Å². The van der Waals surface area contributed by atoms with Gasteiger partial charge < -0.3 is 10.4 Å². The van der Waals surface area contributed by atoms with Crippen molar-refractivity contribution in [3.8, 4) is 5.75 Å². The van der Waals surface area contributed by atoms with E-state index in [-0.39, 0.29) is 16.3 Å². The summed E-state index contributed by atoms with van der Waals surface area (Å²) >= 11 is 0. The smallest absolute Gasteiger partial charge is 0.297 e. The number of fused-ring (bicyclic) bond motifs is 3. The molecule has 10 heteroatoms. The molecule has 0 saturated heterocycles. The molecule has 0 aliphatic carbocycles. The number of phenolic OH excluding ortho intramolecular Hbond substituents is 1. The third kappa shape index (κ3) is 5.65. The molecule has 0 amide bonds. The molecule has 0 fully saturated rings. The van der Waals surface area contributed by atoms with Gasteiger partial charge in [0.1, 0.15) is 16.3 Å². The first-order valence-electron chi connectivity index (χ1n) is 14.3. The van der Waals surface area contributed by atoms with Crippen LogP contribution in [0, 0.1) is 0 Å². The Hall–Kier alpha value is -5.97. The molecule has 7 aromatic rings. The molecule has 7 aromatic carbocycles. The average Bonchev–Trinajstić information content (AvgIpc) is 3.07. The normalized spacial score (nSPS) is 12.1. The first-order valence-corrected chi connectivity index (χ1v) is 15.7. The topological polar surface area (TPSA) is 136 Å². The lowest BCUT2D eigenvalue weighted by molar-refractivity contribution is 0.482. The highest BCUT2D eigenvalue weighted by Gasteiger charge is 2.19. The van der Waals surface area contributed by atoms with Crippen LogP contribution in [0.1, 0.15) is 0 Å². The van der Waals surface area contributed by atoms with Gasteiger partial charge in [0.2, 0.25) is 0 Å². The molecule has 0 unspecified atom stereocenters. The van der Waals surface area contributed by atoms with Crippen LogP contribution in [0.4, 0.5) is 34.1 Å². The molecule has 0 bridgehead atoms. The molecule has 0 atom stereocenters. The van der Waals surface area contributed by atoms with Gasteiger partial charge in [0, 0.05) is 32.9 Å². The van der Waals surface area contributed by atoms with E-state index in [1.807, 2.05) is 78.9 Å². The fourth-order valence-corrected chi connectivity index (χ4v) is 6.22. The number of aromatic hydroxyl groups is 1. The summed E-state index contributed by atoms with van der Waals surface area (Å²) in [7, 11) is -4.58. The Morgan fingerprint density at radius 2 is 1.02 bits per heavy atom. The molecule has 3 N–H and O–H groups in total. The molecule has 0 spiro atoms. The van der Waals surface area contributed by atoms with Crippen LogP contribution < -0.4 is 5.32 Å². The summed E-state index contributed by atoms with van der Waals surface area (Å²) in [5.41, 5.74) is 3.21. The van der Waals surface area contributed by atoms with Crippen molar-refractivity contribution < 1.29 is 18.1 Å². The van der Waals surface area contributed by atoms with E-state index >= 15 is 0 Å². The minimum Gasteiger partial charge on any atom is -0.505 e. The van der Waals surface area contributed by atoms with Gasteiger partial charge in [-0.05, 0) is 65.4 Å². The highest BCUT2D eigenvalue weighted by atomic mass is 32.2. The van der Waals surface area contributed by atoms with Crippen molar-refractivity contribution in [2.45, 2.75) is 4.90 Å². The number of rotatable bonds is 7. The number of anilines is 2. The Morgan fingerprint density at radius 1 is 0.478 bits per heavy atom. The standard InChI is InChI=1S/C36H25N5O4S/c42-35-27-17-16-26(37-25-9-2-1-3-10-25)22-24(27)15-18-33(35)40-38-31-20-21-32(30-13-7-6-12-29(30)31)39-41-34-19-14-23-8-4-5-11-28(23)36(34)46(43,44)45/h1-22,37,42H,(H,43,44,45). The van der Waals surface area contributed by atoms with E-state index in [1.54, 1.807) is 48.5 Å². The maximum atomic E-state index is 12.3. The number of azo groups is 2. The SMILES string of the molecule is O=S(=O)(O)c1c(N=Nc2ccc(N=Nc3ccc4cc(Nc5ccccc5)ccc4c3O)c3ccccc23)ccc2ccccc12. The second-order valence-corrected chi connectivity index (χ2v) is 11.9. The summed E-state index contributed by atoms with van der Waals surface area (Å²) in [6.07, 6.45) is 0. The highest BCUT2D eigenvalue weighted by molar-refractivity contribution is 7.86. The molecule has 0 heterocycles. The van der Waals surface area contributed by atoms with Gasteiger partial charge in [-0.15, -0.1) is 20.5 Å². The molecule has 7 rings (SSSR count). The zero-order valence-corrected chi connectivity index (χ0v) is 24.9. The van der Waals surface area contributed by atoms with Gasteiger partial charge in [-0.3, -0.25) is 4.55 Å². The van der Waals surface area contributed by atoms with Crippen LogP contribution in [0.25, 0.3) is 32.3 Å². The fourth-order valence-electron chi connectivity index (χ4n) is 5.39. The van der Waals surface area contributed by atoms with Gasteiger partial charge >= 0.3 is 0 Å². The van der Waals surface area contributed by atoms with E-state index in [0.29, 0.717) is 38.6 Å².